The number of aromatic nitrogens is 2. The highest BCUT2D eigenvalue weighted by atomic mass is 16.5. The van der Waals surface area contributed by atoms with Crippen molar-refractivity contribution in [3.05, 3.63) is 78.4 Å². The summed E-state index contributed by atoms with van der Waals surface area (Å²) in [5.74, 6) is -1.39. The summed E-state index contributed by atoms with van der Waals surface area (Å²) in [4.78, 5) is 49.6. The van der Waals surface area contributed by atoms with Gasteiger partial charge < -0.3 is 9.72 Å². The Morgan fingerprint density at radius 3 is 1.62 bits per heavy atom. The highest BCUT2D eigenvalue weighted by molar-refractivity contribution is 6.04. The van der Waals surface area contributed by atoms with Crippen LogP contribution in [0.15, 0.2) is 67.2 Å². The maximum absolute atomic E-state index is 13.9. The van der Waals surface area contributed by atoms with Gasteiger partial charge in [0.25, 0.3) is 5.91 Å². The lowest BCUT2D eigenvalue weighted by Gasteiger charge is -2.28. The molecule has 2 aromatic rings. The molecule has 0 aliphatic carbocycles. The fourth-order valence-corrected chi connectivity index (χ4v) is 7.17. The van der Waals surface area contributed by atoms with Crippen LogP contribution in [0.1, 0.15) is 205 Å². The fourth-order valence-electron chi connectivity index (χ4n) is 7.17. The number of rotatable bonds is 36. The predicted molar refractivity (Wildman–Crippen MR) is 233 cm³/mol. The summed E-state index contributed by atoms with van der Waals surface area (Å²) in [5, 5.41) is 0. The molecular formula is C49H79N3O4. The lowest BCUT2D eigenvalue weighted by Crippen LogP contribution is -2.50. The summed E-state index contributed by atoms with van der Waals surface area (Å²) >= 11 is 0. The number of unbranched alkanes of at least 4 members (excludes halogenated alkanes) is 24. The number of amides is 2. The average Bonchev–Trinajstić information content (AvgIpc) is 3.73. The molecule has 0 saturated heterocycles. The molecular weight excluding hydrogens is 695 g/mol. The number of H-pyrrole nitrogens is 1. The number of imidazole rings is 1. The van der Waals surface area contributed by atoms with Crippen molar-refractivity contribution in [1.29, 1.82) is 0 Å². The van der Waals surface area contributed by atoms with E-state index in [1.165, 1.54) is 128 Å². The highest BCUT2D eigenvalue weighted by Crippen LogP contribution is 2.18. The van der Waals surface area contributed by atoms with Gasteiger partial charge in [0.2, 0.25) is 5.91 Å². The number of imide groups is 1. The molecule has 2 rings (SSSR count). The van der Waals surface area contributed by atoms with Crippen LogP contribution in [0.5, 0.6) is 0 Å². The fraction of sp³-hybridized carbons (Fsp3) is 0.673. The van der Waals surface area contributed by atoms with Crippen molar-refractivity contribution in [2.24, 2.45) is 0 Å². The van der Waals surface area contributed by atoms with Gasteiger partial charge >= 0.3 is 5.97 Å². The van der Waals surface area contributed by atoms with E-state index in [1.54, 1.807) is 6.20 Å². The minimum atomic E-state index is -1.09. The third-order valence-corrected chi connectivity index (χ3v) is 10.7. The second-order valence-corrected chi connectivity index (χ2v) is 15.8. The SMILES string of the molecule is CCCCCCCC/C=C\CCCCCCCC(=O)N(C(=O)C=CCCCCCCCCCCCCCCC)[C@@H](Cc1cnc[nH]1)C(=O)OCc1ccccc1. The van der Waals surface area contributed by atoms with Gasteiger partial charge in [0.1, 0.15) is 12.6 Å². The van der Waals surface area contributed by atoms with E-state index in [9.17, 15) is 14.4 Å². The molecule has 0 aliphatic rings. The van der Waals surface area contributed by atoms with Crippen LogP contribution in [0, 0.1) is 0 Å². The molecule has 56 heavy (non-hydrogen) atoms. The van der Waals surface area contributed by atoms with Gasteiger partial charge in [0, 0.05) is 24.7 Å². The number of hydrogen-bond donors (Lipinski definition) is 1. The first-order valence-electron chi connectivity index (χ1n) is 22.9. The Labute approximate surface area is 341 Å². The molecule has 0 aliphatic heterocycles. The molecule has 1 aromatic carbocycles. The number of hydrogen-bond acceptors (Lipinski definition) is 5. The van der Waals surface area contributed by atoms with E-state index < -0.39 is 17.9 Å². The number of esters is 1. The van der Waals surface area contributed by atoms with E-state index in [0.717, 1.165) is 61.8 Å². The second-order valence-electron chi connectivity index (χ2n) is 15.8. The van der Waals surface area contributed by atoms with Gasteiger partial charge in [-0.15, -0.1) is 0 Å². The maximum Gasteiger partial charge on any atom is 0.330 e. The van der Waals surface area contributed by atoms with Gasteiger partial charge in [-0.2, -0.15) is 0 Å². The Morgan fingerprint density at radius 1 is 0.643 bits per heavy atom. The van der Waals surface area contributed by atoms with Crippen LogP contribution in [0.2, 0.25) is 0 Å². The minimum absolute atomic E-state index is 0.0679. The van der Waals surface area contributed by atoms with Gasteiger partial charge in [0.15, 0.2) is 0 Å². The molecule has 0 unspecified atom stereocenters. The second kappa shape index (κ2) is 34.7. The van der Waals surface area contributed by atoms with Crippen LogP contribution in [0.3, 0.4) is 0 Å². The number of carbonyl (C=O) groups is 3. The summed E-state index contributed by atoms with van der Waals surface area (Å²) in [6, 6.07) is 8.36. The van der Waals surface area contributed by atoms with Gasteiger partial charge in [0.05, 0.1) is 6.33 Å². The number of carbonyl (C=O) groups excluding carboxylic acids is 3. The van der Waals surface area contributed by atoms with Gasteiger partial charge in [-0.3, -0.25) is 14.5 Å². The largest absolute Gasteiger partial charge is 0.459 e. The summed E-state index contributed by atoms with van der Waals surface area (Å²) < 4.78 is 5.73. The predicted octanol–water partition coefficient (Wildman–Crippen LogP) is 13.5. The molecule has 7 nitrogen and oxygen atoms in total. The number of nitrogens with one attached hydrogen (secondary N) is 1. The topological polar surface area (TPSA) is 92.4 Å². The van der Waals surface area contributed by atoms with Crippen molar-refractivity contribution in [2.75, 3.05) is 0 Å². The summed E-state index contributed by atoms with van der Waals surface area (Å²) in [6.45, 7) is 4.59. The van der Waals surface area contributed by atoms with Crippen LogP contribution in [-0.4, -0.2) is 38.7 Å². The molecule has 1 N–H and O–H groups in total. The molecule has 7 heteroatoms. The Morgan fingerprint density at radius 2 is 1.12 bits per heavy atom. The zero-order valence-electron chi connectivity index (χ0n) is 35.7. The summed E-state index contributed by atoms with van der Waals surface area (Å²) in [6.07, 6.45) is 44.2. The van der Waals surface area contributed by atoms with E-state index in [4.69, 9.17) is 4.74 Å². The molecule has 1 atom stereocenters. The van der Waals surface area contributed by atoms with Gasteiger partial charge in [-0.25, -0.2) is 9.78 Å². The van der Waals surface area contributed by atoms with Gasteiger partial charge in [-0.1, -0.05) is 191 Å². The number of aromatic amines is 1. The van der Waals surface area contributed by atoms with Crippen molar-refractivity contribution in [3.63, 3.8) is 0 Å². The number of ether oxygens (including phenoxy) is 1. The molecule has 0 fully saturated rings. The van der Waals surface area contributed by atoms with Gasteiger partial charge in [-0.05, 0) is 56.6 Å². The van der Waals surface area contributed by atoms with E-state index >= 15 is 0 Å². The van der Waals surface area contributed by atoms with Crippen molar-refractivity contribution in [3.8, 4) is 0 Å². The molecule has 0 radical (unpaired) electrons. The molecule has 1 heterocycles. The highest BCUT2D eigenvalue weighted by Gasteiger charge is 2.35. The van der Waals surface area contributed by atoms with Crippen LogP contribution in [-0.2, 0) is 32.1 Å². The molecule has 314 valence electrons. The third-order valence-electron chi connectivity index (χ3n) is 10.7. The quantitative estimate of drug-likeness (QED) is 0.0322. The lowest BCUT2D eigenvalue weighted by molar-refractivity contribution is -0.160. The minimum Gasteiger partial charge on any atom is -0.459 e. The van der Waals surface area contributed by atoms with Crippen molar-refractivity contribution < 1.29 is 19.1 Å². The van der Waals surface area contributed by atoms with Crippen LogP contribution < -0.4 is 0 Å². The van der Waals surface area contributed by atoms with Crippen molar-refractivity contribution >= 4 is 17.8 Å². The Balaban J connectivity index is 1.87. The van der Waals surface area contributed by atoms with E-state index in [0.29, 0.717) is 12.1 Å². The molecule has 0 saturated carbocycles. The Hall–Kier alpha value is -3.48. The molecule has 0 bridgehead atoms. The van der Waals surface area contributed by atoms with E-state index in [2.05, 4.69) is 36.0 Å². The maximum atomic E-state index is 13.9. The first-order valence-corrected chi connectivity index (χ1v) is 22.9. The average molecular weight is 774 g/mol. The zero-order valence-corrected chi connectivity index (χ0v) is 35.7. The zero-order chi connectivity index (χ0) is 40.2. The normalized spacial score (nSPS) is 12.1. The van der Waals surface area contributed by atoms with E-state index in [-0.39, 0.29) is 25.4 Å². The molecule has 1 aromatic heterocycles. The monoisotopic (exact) mass is 774 g/mol. The number of benzene rings is 1. The Bertz CT molecular complexity index is 1290. The Kier molecular flexibility index (Phi) is 30.2. The molecule has 0 spiro atoms. The van der Waals surface area contributed by atoms with Crippen LogP contribution >= 0.6 is 0 Å². The van der Waals surface area contributed by atoms with Crippen LogP contribution in [0.25, 0.3) is 0 Å². The van der Waals surface area contributed by atoms with Crippen LogP contribution in [0.4, 0.5) is 0 Å². The lowest BCUT2D eigenvalue weighted by atomic mass is 10.0. The first kappa shape index (κ1) is 48.7. The molecule has 2 amide bonds. The van der Waals surface area contributed by atoms with Crippen molar-refractivity contribution in [1.82, 2.24) is 14.9 Å². The number of nitrogens with zero attached hydrogens (tertiary/aromatic N) is 2. The number of allylic oxidation sites excluding steroid dienone is 3. The summed E-state index contributed by atoms with van der Waals surface area (Å²) in [7, 11) is 0. The standard InChI is InChI=1S/C49H79N3O4/c1-3-5-7-9-11-13-15-17-19-21-23-25-27-29-34-38-47(53)52(46(40-45-41-50-43-51-45)49(55)56-42-44-36-32-31-33-37-44)48(54)39-35-30-28-26-24-22-20-18-16-14-12-10-8-6-4-2/h17,19,31-33,35-37,39,41,43,46H,3-16,18,20-30,34,38,40,42H2,1-2H3,(H,50,51)/b19-17-,39-35?/t46-/m0/s1. The van der Waals surface area contributed by atoms with Crippen molar-refractivity contribution in [2.45, 2.75) is 213 Å². The third kappa shape index (κ3) is 24.9. The first-order chi connectivity index (χ1) is 27.6. The van der Waals surface area contributed by atoms with E-state index in [1.807, 2.05) is 36.4 Å². The smallest absolute Gasteiger partial charge is 0.330 e. The summed E-state index contributed by atoms with van der Waals surface area (Å²) in [5.41, 5.74) is 1.51.